The molecule has 1 aliphatic heterocycles. The Kier molecular flexibility index (Phi) is 4.99. The molecule has 3 N–H and O–H groups in total. The lowest BCUT2D eigenvalue weighted by atomic mass is 10.1. The van der Waals surface area contributed by atoms with E-state index in [1.165, 1.54) is 0 Å². The summed E-state index contributed by atoms with van der Waals surface area (Å²) in [6, 6.07) is 15.9. The van der Waals surface area contributed by atoms with E-state index in [0.29, 0.717) is 17.1 Å². The Morgan fingerprint density at radius 3 is 2.62 bits per heavy atom. The molecule has 0 aromatic heterocycles. The molecule has 1 heterocycles. The number of aliphatic hydroxyl groups excluding tert-OH is 1. The van der Waals surface area contributed by atoms with Crippen molar-refractivity contribution in [1.82, 2.24) is 10.2 Å². The van der Waals surface area contributed by atoms with E-state index >= 15 is 0 Å². The first-order chi connectivity index (χ1) is 11.7. The van der Waals surface area contributed by atoms with Gasteiger partial charge in [-0.15, -0.1) is 0 Å². The summed E-state index contributed by atoms with van der Waals surface area (Å²) in [6.45, 7) is 0. The van der Waals surface area contributed by atoms with Crippen LogP contribution in [0.3, 0.4) is 0 Å². The van der Waals surface area contributed by atoms with E-state index in [1.54, 1.807) is 36.4 Å². The minimum Gasteiger partial charge on any atom is -0.444 e. The highest BCUT2D eigenvalue weighted by molar-refractivity contribution is 7.78. The number of aliphatic imine (C=N–C) groups is 1. The van der Waals surface area contributed by atoms with Gasteiger partial charge in [0, 0.05) is 5.56 Å². The summed E-state index contributed by atoms with van der Waals surface area (Å²) >= 11 is 3.63. The maximum absolute atomic E-state index is 11.4. The molecule has 0 fully saturated rings. The van der Waals surface area contributed by atoms with E-state index < -0.39 is 18.4 Å². The number of hydrogen-bond acceptors (Lipinski definition) is 7. The number of amides is 1. The number of ether oxygens (including phenoxy) is 1. The molecule has 0 radical (unpaired) electrons. The number of aliphatic hydroxyl groups is 1. The Morgan fingerprint density at radius 1 is 1.25 bits per heavy atom. The highest BCUT2D eigenvalue weighted by Crippen LogP contribution is 2.18. The van der Waals surface area contributed by atoms with Crippen molar-refractivity contribution in [3.8, 4) is 5.75 Å². The maximum atomic E-state index is 11.4. The number of thiol groups is 1. The molecule has 7 nitrogen and oxygen atoms in total. The molecular formula is C16H15N3O4S. The number of benzene rings is 2. The fraction of sp³-hybridized carbons (Fsp3) is 0.125. The monoisotopic (exact) mass is 345 g/mol. The van der Waals surface area contributed by atoms with Gasteiger partial charge in [-0.05, 0) is 17.7 Å². The van der Waals surface area contributed by atoms with Gasteiger partial charge in [0.15, 0.2) is 11.9 Å². The van der Waals surface area contributed by atoms with E-state index in [1.807, 2.05) is 18.2 Å². The summed E-state index contributed by atoms with van der Waals surface area (Å²) in [5.41, 5.74) is 3.88. The minimum absolute atomic E-state index is 0.446. The van der Waals surface area contributed by atoms with Crippen LogP contribution in [-0.2, 0) is 9.63 Å². The fourth-order valence-corrected chi connectivity index (χ4v) is 2.22. The minimum atomic E-state index is -1.28. The van der Waals surface area contributed by atoms with Gasteiger partial charge in [0.05, 0.1) is 0 Å². The summed E-state index contributed by atoms with van der Waals surface area (Å²) in [5, 5.41) is 9.80. The molecule has 124 valence electrons. The molecule has 0 spiro atoms. The number of rotatable bonds is 5. The number of hydrogen-bond donors (Lipinski definition) is 4. The van der Waals surface area contributed by atoms with Crippen LogP contribution in [0.5, 0.6) is 5.75 Å². The Balaban J connectivity index is 1.68. The molecule has 1 aliphatic rings. The van der Waals surface area contributed by atoms with Crippen molar-refractivity contribution in [2.75, 3.05) is 0 Å². The highest BCUT2D eigenvalue weighted by atomic mass is 32.1. The molecule has 2 aromatic carbocycles. The standard InChI is InChI=1S/C16H15N3O4S/c20-13(15(21)19-24)10-6-8-11(9-7-10)14-17-16(23-18-14)22-12-4-2-1-3-5-12/h1-9,13,16,20,24H,(H,17,18)(H,19,21). The summed E-state index contributed by atoms with van der Waals surface area (Å²) in [7, 11) is 0. The van der Waals surface area contributed by atoms with Crippen LogP contribution in [0.2, 0.25) is 0 Å². The SMILES string of the molecule is O=C(NS)C(O)c1ccc(C2=NC(Oc3ccccc3)ON2)cc1. The van der Waals surface area contributed by atoms with E-state index in [2.05, 4.69) is 28.0 Å². The third-order valence-corrected chi connectivity index (χ3v) is 3.55. The second-order valence-corrected chi connectivity index (χ2v) is 5.16. The molecular weight excluding hydrogens is 330 g/mol. The zero-order chi connectivity index (χ0) is 16.9. The van der Waals surface area contributed by atoms with Crippen LogP contribution in [-0.4, -0.2) is 23.3 Å². The molecule has 3 rings (SSSR count). The summed E-state index contributed by atoms with van der Waals surface area (Å²) in [6.07, 6.45) is -2.07. The molecule has 8 heteroatoms. The predicted octanol–water partition coefficient (Wildman–Crippen LogP) is 1.32. The smallest absolute Gasteiger partial charge is 0.324 e. The average molecular weight is 345 g/mol. The average Bonchev–Trinajstić information content (AvgIpc) is 3.10. The molecule has 2 unspecified atom stereocenters. The molecule has 24 heavy (non-hydrogen) atoms. The van der Waals surface area contributed by atoms with Gasteiger partial charge in [0.1, 0.15) is 5.75 Å². The van der Waals surface area contributed by atoms with Gasteiger partial charge >= 0.3 is 6.41 Å². The number of nitrogens with zero attached hydrogens (tertiary/aromatic N) is 1. The van der Waals surface area contributed by atoms with Crippen LogP contribution >= 0.6 is 12.8 Å². The van der Waals surface area contributed by atoms with Gasteiger partial charge < -0.3 is 14.6 Å². The molecule has 2 atom stereocenters. The van der Waals surface area contributed by atoms with Crippen LogP contribution in [0.15, 0.2) is 59.6 Å². The van der Waals surface area contributed by atoms with Gasteiger partial charge in [0.2, 0.25) is 0 Å². The van der Waals surface area contributed by atoms with Gasteiger partial charge in [-0.1, -0.05) is 55.3 Å². The second-order valence-electron chi connectivity index (χ2n) is 4.94. The van der Waals surface area contributed by atoms with Crippen LogP contribution in [0.4, 0.5) is 0 Å². The number of hydroxylamine groups is 1. The Morgan fingerprint density at radius 2 is 1.96 bits per heavy atom. The third-order valence-electron chi connectivity index (χ3n) is 3.33. The zero-order valence-corrected chi connectivity index (χ0v) is 13.3. The maximum Gasteiger partial charge on any atom is 0.324 e. The lowest BCUT2D eigenvalue weighted by Gasteiger charge is -2.09. The van der Waals surface area contributed by atoms with Crippen LogP contribution in [0, 0.1) is 0 Å². The third kappa shape index (κ3) is 3.67. The van der Waals surface area contributed by atoms with E-state index in [0.717, 1.165) is 5.56 Å². The molecule has 0 bridgehead atoms. The fourth-order valence-electron chi connectivity index (χ4n) is 2.10. The summed E-state index contributed by atoms with van der Waals surface area (Å²) in [5.74, 6) is 0.545. The van der Waals surface area contributed by atoms with E-state index in [4.69, 9.17) is 9.57 Å². The zero-order valence-electron chi connectivity index (χ0n) is 12.4. The molecule has 0 aliphatic carbocycles. The lowest BCUT2D eigenvalue weighted by Crippen LogP contribution is -2.22. The van der Waals surface area contributed by atoms with E-state index in [9.17, 15) is 9.90 Å². The number of carbonyl (C=O) groups is 1. The van der Waals surface area contributed by atoms with Gasteiger partial charge in [-0.25, -0.2) is 10.3 Å². The first-order valence-corrected chi connectivity index (χ1v) is 7.55. The topological polar surface area (TPSA) is 92.2 Å². The number of nitrogens with one attached hydrogen (secondary N) is 2. The van der Waals surface area contributed by atoms with Crippen molar-refractivity contribution in [1.29, 1.82) is 0 Å². The highest BCUT2D eigenvalue weighted by Gasteiger charge is 2.21. The molecule has 2 aromatic rings. The number of carbonyl (C=O) groups excluding carboxylic acids is 1. The van der Waals surface area contributed by atoms with Gasteiger partial charge in [-0.2, -0.15) is 4.99 Å². The largest absolute Gasteiger partial charge is 0.444 e. The van der Waals surface area contributed by atoms with Gasteiger partial charge in [0.25, 0.3) is 5.91 Å². The number of para-hydroxylation sites is 1. The Bertz CT molecular complexity index is 737. The quantitative estimate of drug-likeness (QED) is 0.614. The Hall–Kier alpha value is -2.55. The predicted molar refractivity (Wildman–Crippen MR) is 90.1 cm³/mol. The van der Waals surface area contributed by atoms with Crippen molar-refractivity contribution in [3.05, 3.63) is 65.7 Å². The van der Waals surface area contributed by atoms with Crippen LogP contribution in [0.1, 0.15) is 17.2 Å². The lowest BCUT2D eigenvalue weighted by molar-refractivity contribution is -0.127. The number of amidine groups is 1. The van der Waals surface area contributed by atoms with E-state index in [-0.39, 0.29) is 0 Å². The first kappa shape index (κ1) is 16.3. The van der Waals surface area contributed by atoms with Crippen molar-refractivity contribution >= 4 is 24.6 Å². The first-order valence-electron chi connectivity index (χ1n) is 7.11. The molecule has 0 saturated heterocycles. The molecule has 1 amide bonds. The van der Waals surface area contributed by atoms with Crippen LogP contribution < -0.4 is 14.9 Å². The van der Waals surface area contributed by atoms with Crippen molar-refractivity contribution in [3.63, 3.8) is 0 Å². The Labute approximate surface area is 143 Å². The molecule has 0 saturated carbocycles. The normalized spacial score (nSPS) is 17.6. The second kappa shape index (κ2) is 7.35. The van der Waals surface area contributed by atoms with Crippen molar-refractivity contribution in [2.45, 2.75) is 12.5 Å². The van der Waals surface area contributed by atoms with Gasteiger partial charge in [-0.3, -0.25) is 4.79 Å². The van der Waals surface area contributed by atoms with Crippen LogP contribution in [0.25, 0.3) is 0 Å². The van der Waals surface area contributed by atoms with Crippen molar-refractivity contribution < 1.29 is 19.5 Å². The summed E-state index contributed by atoms with van der Waals surface area (Å²) in [4.78, 5) is 20.9. The van der Waals surface area contributed by atoms with Crippen molar-refractivity contribution in [2.24, 2.45) is 4.99 Å². The summed E-state index contributed by atoms with van der Waals surface area (Å²) < 4.78 is 7.66.